The fourth-order valence-electron chi connectivity index (χ4n) is 0.0680. The third-order valence-electron chi connectivity index (χ3n) is 0.192. The molecule has 0 aliphatic rings. The number of hydrogen-bond acceptors (Lipinski definition) is 3. The van der Waals surface area contributed by atoms with Gasteiger partial charge in [0.05, 0.1) is 12.5 Å². The normalized spacial score (nSPS) is 5.25. The molecule has 0 heterocycles. The molecule has 0 aliphatic heterocycles. The predicted molar refractivity (Wildman–Crippen MR) is 33.1 cm³/mol. The molecule has 4 heteroatoms. The lowest BCUT2D eigenvalue weighted by Crippen LogP contribution is -1.75. The number of hydrogen-bond donors (Lipinski definition) is 2. The van der Waals surface area contributed by atoms with Crippen LogP contribution >= 0.6 is 0 Å². The first kappa shape index (κ1) is 10.3. The summed E-state index contributed by atoms with van der Waals surface area (Å²) in [5, 5.41) is 14.2. The Morgan fingerprint density at radius 1 is 1.25 bits per heavy atom. The van der Waals surface area contributed by atoms with Gasteiger partial charge in [-0.1, -0.05) is 13.2 Å². The van der Waals surface area contributed by atoms with Crippen LogP contribution in [0.4, 0.5) is 0 Å². The van der Waals surface area contributed by atoms with Crippen LogP contribution in [-0.2, 0) is 4.74 Å². The van der Waals surface area contributed by atoms with E-state index in [1.54, 1.807) is 0 Å². The van der Waals surface area contributed by atoms with Crippen molar-refractivity contribution >= 4 is 7.69 Å². The quantitative estimate of drug-likeness (QED) is 0.378. The van der Waals surface area contributed by atoms with Crippen LogP contribution in [0.2, 0.25) is 0 Å². The highest BCUT2D eigenvalue weighted by Crippen LogP contribution is 1.65. The maximum atomic E-state index is 7.12. The van der Waals surface area contributed by atoms with Crippen molar-refractivity contribution in [2.24, 2.45) is 0 Å². The fourth-order valence-corrected chi connectivity index (χ4v) is 0.0680. The van der Waals surface area contributed by atoms with Crippen molar-refractivity contribution in [3.8, 4) is 0 Å². The molecule has 0 aromatic rings. The molecule has 46 valence electrons. The zero-order chi connectivity index (χ0) is 6.83. The standard InChI is InChI=1S/C4H6O.BH3O2/c1-3-5-4-2;2-1-3/h3-4H,1-2H2;1-3H. The molecule has 2 N–H and O–H groups in total. The van der Waals surface area contributed by atoms with Gasteiger partial charge in [0.2, 0.25) is 0 Å². The third-order valence-corrected chi connectivity index (χ3v) is 0.192. The number of rotatable bonds is 2. The van der Waals surface area contributed by atoms with E-state index in [0.29, 0.717) is 0 Å². The molecule has 0 fully saturated rings. The van der Waals surface area contributed by atoms with Crippen molar-refractivity contribution in [2.45, 2.75) is 0 Å². The Kier molecular flexibility index (Phi) is 20.9. The molecule has 0 aromatic carbocycles. The van der Waals surface area contributed by atoms with Gasteiger partial charge in [0, 0.05) is 0 Å². The SMILES string of the molecule is C=COC=C.OBO. The van der Waals surface area contributed by atoms with Crippen LogP contribution in [0.3, 0.4) is 0 Å². The molecule has 0 aromatic heterocycles. The topological polar surface area (TPSA) is 49.7 Å². The van der Waals surface area contributed by atoms with Crippen molar-refractivity contribution in [1.29, 1.82) is 0 Å². The van der Waals surface area contributed by atoms with Gasteiger partial charge in [-0.3, -0.25) is 0 Å². The Balaban J connectivity index is 0. The summed E-state index contributed by atoms with van der Waals surface area (Å²) >= 11 is 0. The lowest BCUT2D eigenvalue weighted by atomic mass is 10.5. The van der Waals surface area contributed by atoms with Crippen LogP contribution in [0.15, 0.2) is 25.7 Å². The molecule has 0 saturated carbocycles. The van der Waals surface area contributed by atoms with E-state index in [9.17, 15) is 0 Å². The highest BCUT2D eigenvalue weighted by atomic mass is 16.5. The highest BCUT2D eigenvalue weighted by Gasteiger charge is 1.48. The Bertz CT molecular complexity index is 49.2. The van der Waals surface area contributed by atoms with Crippen LogP contribution in [0, 0.1) is 0 Å². The van der Waals surface area contributed by atoms with Gasteiger partial charge in [0.1, 0.15) is 0 Å². The monoisotopic (exact) mass is 116 g/mol. The Hall–Kier alpha value is -0.735. The summed E-state index contributed by atoms with van der Waals surface area (Å²) in [7, 11) is -0.750. The van der Waals surface area contributed by atoms with Gasteiger partial charge < -0.3 is 14.8 Å². The zero-order valence-corrected chi connectivity index (χ0v) is 4.58. The predicted octanol–water partition coefficient (Wildman–Crippen LogP) is -0.473. The molecule has 0 radical (unpaired) electrons. The van der Waals surface area contributed by atoms with E-state index in [4.69, 9.17) is 10.0 Å². The average Bonchev–Trinajstić information content (AvgIpc) is 1.71. The first-order valence-corrected chi connectivity index (χ1v) is 1.92. The van der Waals surface area contributed by atoms with Crippen molar-refractivity contribution in [2.75, 3.05) is 0 Å². The summed E-state index contributed by atoms with van der Waals surface area (Å²) in [6, 6.07) is 0. The molecule has 3 nitrogen and oxygen atoms in total. The van der Waals surface area contributed by atoms with E-state index < -0.39 is 7.69 Å². The fraction of sp³-hybridized carbons (Fsp3) is 0. The van der Waals surface area contributed by atoms with Gasteiger partial charge in [-0.15, -0.1) is 0 Å². The van der Waals surface area contributed by atoms with Crippen LogP contribution in [-0.4, -0.2) is 17.7 Å². The second kappa shape index (κ2) is 16.3. The largest absolute Gasteiger partial charge is 0.474 e. The molecular weight excluding hydrogens is 107 g/mol. The second-order valence-corrected chi connectivity index (χ2v) is 0.611. The first-order valence-electron chi connectivity index (χ1n) is 1.92. The Morgan fingerprint density at radius 2 is 1.50 bits per heavy atom. The van der Waals surface area contributed by atoms with Gasteiger partial charge in [-0.05, 0) is 0 Å². The van der Waals surface area contributed by atoms with E-state index in [0.717, 1.165) is 0 Å². The second-order valence-electron chi connectivity index (χ2n) is 0.611. The molecule has 0 unspecified atom stereocenters. The molecular formula is C4H9BO3. The molecule has 0 amide bonds. The number of ether oxygens (including phenoxy) is 1. The van der Waals surface area contributed by atoms with Crippen LogP contribution < -0.4 is 0 Å². The summed E-state index contributed by atoms with van der Waals surface area (Å²) in [5.74, 6) is 0. The lowest BCUT2D eigenvalue weighted by Gasteiger charge is -1.76. The average molecular weight is 116 g/mol. The van der Waals surface area contributed by atoms with Gasteiger partial charge in [0.15, 0.2) is 0 Å². The Morgan fingerprint density at radius 3 is 1.50 bits per heavy atom. The van der Waals surface area contributed by atoms with Gasteiger partial charge in [-0.2, -0.15) is 0 Å². The lowest BCUT2D eigenvalue weighted by molar-refractivity contribution is 0.406. The van der Waals surface area contributed by atoms with Crippen molar-refractivity contribution in [3.05, 3.63) is 25.7 Å². The summed E-state index contributed by atoms with van der Waals surface area (Å²) in [5.41, 5.74) is 0. The molecule has 8 heavy (non-hydrogen) atoms. The van der Waals surface area contributed by atoms with Gasteiger partial charge in [0.25, 0.3) is 0 Å². The summed E-state index contributed by atoms with van der Waals surface area (Å²) < 4.78 is 4.36. The van der Waals surface area contributed by atoms with Crippen molar-refractivity contribution in [1.82, 2.24) is 0 Å². The smallest absolute Gasteiger partial charge is 0.432 e. The minimum absolute atomic E-state index is 0.750. The van der Waals surface area contributed by atoms with Crippen LogP contribution in [0.25, 0.3) is 0 Å². The van der Waals surface area contributed by atoms with Gasteiger partial charge in [-0.25, -0.2) is 0 Å². The maximum absolute atomic E-state index is 7.12. The molecule has 0 rings (SSSR count). The molecule has 0 aliphatic carbocycles. The summed E-state index contributed by atoms with van der Waals surface area (Å²) in [4.78, 5) is 0. The summed E-state index contributed by atoms with van der Waals surface area (Å²) in [6.45, 7) is 6.51. The van der Waals surface area contributed by atoms with E-state index in [-0.39, 0.29) is 0 Å². The zero-order valence-electron chi connectivity index (χ0n) is 4.58. The molecule has 0 atom stereocenters. The molecule has 0 saturated heterocycles. The van der Waals surface area contributed by atoms with E-state index >= 15 is 0 Å². The van der Waals surface area contributed by atoms with Crippen LogP contribution in [0.1, 0.15) is 0 Å². The molecule has 0 bridgehead atoms. The summed E-state index contributed by atoms with van der Waals surface area (Å²) in [6.07, 6.45) is 2.62. The van der Waals surface area contributed by atoms with Crippen molar-refractivity contribution in [3.63, 3.8) is 0 Å². The van der Waals surface area contributed by atoms with Crippen molar-refractivity contribution < 1.29 is 14.8 Å². The third kappa shape index (κ3) is 59.9. The highest BCUT2D eigenvalue weighted by molar-refractivity contribution is 6.13. The van der Waals surface area contributed by atoms with E-state index in [2.05, 4.69) is 17.9 Å². The molecule has 0 spiro atoms. The van der Waals surface area contributed by atoms with Crippen LogP contribution in [0.5, 0.6) is 0 Å². The first-order chi connectivity index (χ1) is 3.83. The Labute approximate surface area is 49.2 Å². The maximum Gasteiger partial charge on any atom is 0.432 e. The minimum atomic E-state index is -0.750. The van der Waals surface area contributed by atoms with Gasteiger partial charge >= 0.3 is 7.69 Å². The van der Waals surface area contributed by atoms with E-state index in [1.807, 2.05) is 0 Å². The van der Waals surface area contributed by atoms with E-state index in [1.165, 1.54) is 12.5 Å². The minimum Gasteiger partial charge on any atom is -0.474 e.